The molecule has 0 aliphatic carbocycles. The molecule has 1 fully saturated rings. The molecule has 10 nitrogen and oxygen atoms in total. The first kappa shape index (κ1) is 21.2. The number of rotatable bonds is 4. The zero-order chi connectivity index (χ0) is 21.3. The third-order valence-electron chi connectivity index (χ3n) is 4.57. The lowest BCUT2D eigenvalue weighted by molar-refractivity contribution is -0.124. The number of aryl methyl sites for hydroxylation is 1. The van der Waals surface area contributed by atoms with Crippen LogP contribution in [0.25, 0.3) is 0 Å². The number of aromatic nitrogens is 2. The standard InChI is InChI=1S/C18H25N5O5S/c1-18(2,3)28-16(26)22-7-5-12-11(9-22)14(20-21(12)4)15(25)19-6-8-23-13(24)10-29-17(23)27/h5-10H2,1-4H3,(H,19,25). The minimum atomic E-state index is -0.602. The van der Waals surface area contributed by atoms with Crippen LogP contribution in [0, 0.1) is 0 Å². The smallest absolute Gasteiger partial charge is 0.410 e. The molecular weight excluding hydrogens is 398 g/mol. The Hall–Kier alpha value is -2.56. The molecule has 1 saturated heterocycles. The first-order valence-electron chi connectivity index (χ1n) is 9.35. The summed E-state index contributed by atoms with van der Waals surface area (Å²) in [7, 11) is 1.76. The highest BCUT2D eigenvalue weighted by molar-refractivity contribution is 8.14. The van der Waals surface area contributed by atoms with E-state index in [-0.39, 0.29) is 42.2 Å². The van der Waals surface area contributed by atoms with Gasteiger partial charge in [-0.1, -0.05) is 11.8 Å². The Morgan fingerprint density at radius 2 is 2.00 bits per heavy atom. The van der Waals surface area contributed by atoms with Crippen LogP contribution in [0.3, 0.4) is 0 Å². The molecule has 2 aliphatic heterocycles. The van der Waals surface area contributed by atoms with Crippen LogP contribution in [0.2, 0.25) is 0 Å². The van der Waals surface area contributed by atoms with Crippen molar-refractivity contribution in [2.45, 2.75) is 39.3 Å². The van der Waals surface area contributed by atoms with E-state index in [2.05, 4.69) is 10.4 Å². The van der Waals surface area contributed by atoms with Crippen molar-refractivity contribution in [1.82, 2.24) is 24.9 Å². The lowest BCUT2D eigenvalue weighted by atomic mass is 10.1. The normalized spacial score (nSPS) is 16.8. The number of ether oxygens (including phenoxy) is 1. The van der Waals surface area contributed by atoms with Crippen LogP contribution in [0.15, 0.2) is 0 Å². The molecule has 0 spiro atoms. The van der Waals surface area contributed by atoms with Crippen molar-refractivity contribution in [3.8, 4) is 0 Å². The summed E-state index contributed by atoms with van der Waals surface area (Å²) in [6.45, 7) is 6.39. The van der Waals surface area contributed by atoms with Crippen LogP contribution in [0.4, 0.5) is 9.59 Å². The van der Waals surface area contributed by atoms with Crippen LogP contribution in [0.1, 0.15) is 42.5 Å². The number of nitrogens with one attached hydrogen (secondary N) is 1. The Labute approximate surface area is 172 Å². The quantitative estimate of drug-likeness (QED) is 0.772. The van der Waals surface area contributed by atoms with Gasteiger partial charge in [0.1, 0.15) is 5.60 Å². The van der Waals surface area contributed by atoms with Gasteiger partial charge in [-0.25, -0.2) is 4.79 Å². The van der Waals surface area contributed by atoms with Gasteiger partial charge in [-0.2, -0.15) is 5.10 Å². The number of carbonyl (C=O) groups excluding carboxylic acids is 4. The summed E-state index contributed by atoms with van der Waals surface area (Å²) >= 11 is 0.957. The molecule has 29 heavy (non-hydrogen) atoms. The van der Waals surface area contributed by atoms with Crippen molar-refractivity contribution in [3.05, 3.63) is 17.0 Å². The summed E-state index contributed by atoms with van der Waals surface area (Å²) < 4.78 is 7.08. The Kier molecular flexibility index (Phi) is 5.87. The van der Waals surface area contributed by atoms with E-state index >= 15 is 0 Å². The molecule has 1 aromatic heterocycles. The first-order chi connectivity index (χ1) is 13.6. The zero-order valence-electron chi connectivity index (χ0n) is 17.0. The SMILES string of the molecule is Cn1nc(C(=O)NCCN2C(=O)CSC2=O)c2c1CCN(C(=O)OC(C)(C)C)C2. The van der Waals surface area contributed by atoms with Crippen molar-refractivity contribution in [2.75, 3.05) is 25.4 Å². The van der Waals surface area contributed by atoms with Gasteiger partial charge in [0.25, 0.3) is 11.1 Å². The third-order valence-corrected chi connectivity index (χ3v) is 5.43. The maximum Gasteiger partial charge on any atom is 0.410 e. The molecule has 3 heterocycles. The van der Waals surface area contributed by atoms with E-state index in [9.17, 15) is 19.2 Å². The highest BCUT2D eigenvalue weighted by atomic mass is 32.2. The summed E-state index contributed by atoms with van der Waals surface area (Å²) in [6.07, 6.45) is 0.140. The summed E-state index contributed by atoms with van der Waals surface area (Å²) in [5.41, 5.74) is 1.22. The molecular formula is C18H25N5O5S. The second kappa shape index (κ2) is 8.05. The molecule has 1 N–H and O–H groups in total. The topological polar surface area (TPSA) is 114 Å². The molecule has 1 aromatic rings. The Balaban J connectivity index is 1.65. The molecule has 0 saturated carbocycles. The van der Waals surface area contributed by atoms with Gasteiger partial charge in [-0.05, 0) is 20.8 Å². The monoisotopic (exact) mass is 423 g/mol. The maximum absolute atomic E-state index is 12.7. The molecule has 0 bridgehead atoms. The third kappa shape index (κ3) is 4.72. The van der Waals surface area contributed by atoms with Crippen LogP contribution in [0.5, 0.6) is 0 Å². The lowest BCUT2D eigenvalue weighted by Crippen LogP contribution is -2.41. The van der Waals surface area contributed by atoms with E-state index in [4.69, 9.17) is 4.74 Å². The first-order valence-corrected chi connectivity index (χ1v) is 10.3. The predicted octanol–water partition coefficient (Wildman–Crippen LogP) is 1.14. The minimum Gasteiger partial charge on any atom is -0.444 e. The van der Waals surface area contributed by atoms with E-state index in [0.29, 0.717) is 18.5 Å². The molecule has 0 unspecified atom stereocenters. The largest absolute Gasteiger partial charge is 0.444 e. The lowest BCUT2D eigenvalue weighted by Gasteiger charge is -2.30. The Morgan fingerprint density at radius 3 is 2.62 bits per heavy atom. The summed E-state index contributed by atoms with van der Waals surface area (Å²) in [5.74, 6) is -0.516. The average molecular weight is 423 g/mol. The fourth-order valence-corrected chi connectivity index (χ4v) is 3.97. The van der Waals surface area contributed by atoms with Crippen molar-refractivity contribution in [3.63, 3.8) is 0 Å². The van der Waals surface area contributed by atoms with Crippen LogP contribution >= 0.6 is 11.8 Å². The number of hydrogen-bond acceptors (Lipinski definition) is 7. The summed E-state index contributed by atoms with van der Waals surface area (Å²) in [6, 6.07) is 0. The molecule has 0 aromatic carbocycles. The van der Waals surface area contributed by atoms with Crippen LogP contribution < -0.4 is 5.32 Å². The molecule has 0 radical (unpaired) electrons. The van der Waals surface area contributed by atoms with E-state index in [1.54, 1.807) is 37.4 Å². The van der Waals surface area contributed by atoms with Gasteiger partial charge in [-0.15, -0.1) is 0 Å². The molecule has 2 aliphatic rings. The van der Waals surface area contributed by atoms with Gasteiger partial charge in [0.05, 0.1) is 12.3 Å². The van der Waals surface area contributed by atoms with Gasteiger partial charge in [0.2, 0.25) is 5.91 Å². The predicted molar refractivity (Wildman–Crippen MR) is 105 cm³/mol. The van der Waals surface area contributed by atoms with Crippen LogP contribution in [-0.2, 0) is 29.5 Å². The van der Waals surface area contributed by atoms with Crippen molar-refractivity contribution < 1.29 is 23.9 Å². The second-order valence-electron chi connectivity index (χ2n) is 7.91. The van der Waals surface area contributed by atoms with Gasteiger partial charge in [0, 0.05) is 44.4 Å². The maximum atomic E-state index is 12.7. The van der Waals surface area contributed by atoms with E-state index < -0.39 is 17.6 Å². The van der Waals surface area contributed by atoms with E-state index in [0.717, 1.165) is 22.4 Å². The number of imide groups is 1. The zero-order valence-corrected chi connectivity index (χ0v) is 17.8. The van der Waals surface area contributed by atoms with Crippen LogP contribution in [-0.4, -0.2) is 73.7 Å². The van der Waals surface area contributed by atoms with Gasteiger partial charge in [-0.3, -0.25) is 24.0 Å². The van der Waals surface area contributed by atoms with Gasteiger partial charge < -0.3 is 15.0 Å². The van der Waals surface area contributed by atoms with E-state index in [1.807, 2.05) is 0 Å². The number of thioether (sulfide) groups is 1. The molecule has 3 rings (SSSR count). The van der Waals surface area contributed by atoms with Crippen molar-refractivity contribution in [2.24, 2.45) is 7.05 Å². The molecule has 158 valence electrons. The second-order valence-corrected chi connectivity index (χ2v) is 8.83. The van der Waals surface area contributed by atoms with Crippen molar-refractivity contribution >= 4 is 34.9 Å². The fraction of sp³-hybridized carbons (Fsp3) is 0.611. The molecule has 4 amide bonds. The van der Waals surface area contributed by atoms with Gasteiger partial charge in [0.15, 0.2) is 5.69 Å². The highest BCUT2D eigenvalue weighted by Gasteiger charge is 2.32. The summed E-state index contributed by atoms with van der Waals surface area (Å²) in [5, 5.41) is 6.72. The van der Waals surface area contributed by atoms with Crippen molar-refractivity contribution in [1.29, 1.82) is 0 Å². The molecule has 11 heteroatoms. The minimum absolute atomic E-state index is 0.121. The Bertz CT molecular complexity index is 844. The number of amides is 4. The number of carbonyl (C=O) groups is 4. The van der Waals surface area contributed by atoms with Gasteiger partial charge >= 0.3 is 6.09 Å². The number of nitrogens with zero attached hydrogens (tertiary/aromatic N) is 4. The number of hydrogen-bond donors (Lipinski definition) is 1. The summed E-state index contributed by atoms with van der Waals surface area (Å²) in [4.78, 5) is 51.0. The Morgan fingerprint density at radius 1 is 1.28 bits per heavy atom. The van der Waals surface area contributed by atoms with E-state index in [1.165, 1.54) is 0 Å². The average Bonchev–Trinajstić information content (AvgIpc) is 3.13. The number of fused-ring (bicyclic) bond motifs is 1. The highest BCUT2D eigenvalue weighted by Crippen LogP contribution is 2.24. The molecule has 0 atom stereocenters. The fourth-order valence-electron chi connectivity index (χ4n) is 3.22.